The van der Waals surface area contributed by atoms with E-state index >= 15 is 0 Å². The lowest BCUT2D eigenvalue weighted by Gasteiger charge is -2.28. The van der Waals surface area contributed by atoms with Crippen LogP contribution in [0.3, 0.4) is 0 Å². The molecular formula is C25H29ClN2O4. The van der Waals surface area contributed by atoms with Crippen LogP contribution in [0, 0.1) is 0 Å². The standard InChI is InChI=1S/C25H29ClN2O4/c1-4-27(5-2)15-16-28-22(17-7-11-19(26)12-8-17)21(24(30)25(28)31)23(29)18-9-13-20(14-10-18)32-6-3/h7-14,22,29H,4-6,15-16H2,1-3H3. The molecule has 1 atom stereocenters. The van der Waals surface area contributed by atoms with Gasteiger partial charge in [-0.15, -0.1) is 0 Å². The smallest absolute Gasteiger partial charge is 0.295 e. The van der Waals surface area contributed by atoms with Crippen LogP contribution in [0.5, 0.6) is 5.75 Å². The van der Waals surface area contributed by atoms with Crippen LogP contribution in [0.25, 0.3) is 5.76 Å². The largest absolute Gasteiger partial charge is 0.872 e. The van der Waals surface area contributed by atoms with Gasteiger partial charge in [-0.2, -0.15) is 0 Å². The van der Waals surface area contributed by atoms with Gasteiger partial charge in [0.15, 0.2) is 0 Å². The molecule has 2 aromatic carbocycles. The minimum atomic E-state index is -0.738. The number of benzene rings is 2. The van der Waals surface area contributed by atoms with E-state index in [2.05, 4.69) is 13.8 Å². The van der Waals surface area contributed by atoms with E-state index in [0.717, 1.165) is 13.1 Å². The molecule has 1 aliphatic heterocycles. The van der Waals surface area contributed by atoms with Crippen LogP contribution in [0.1, 0.15) is 37.9 Å². The van der Waals surface area contributed by atoms with Crippen molar-refractivity contribution >= 4 is 29.1 Å². The van der Waals surface area contributed by atoms with E-state index in [1.165, 1.54) is 9.80 Å². The minimum Gasteiger partial charge on any atom is -0.872 e. The van der Waals surface area contributed by atoms with Crippen molar-refractivity contribution in [3.63, 3.8) is 0 Å². The second kappa shape index (κ2) is 10.7. The third-order valence-corrected chi connectivity index (χ3v) is 6.10. The van der Waals surface area contributed by atoms with Crippen molar-refractivity contribution in [2.75, 3.05) is 32.8 Å². The van der Waals surface area contributed by atoms with Crippen LogP contribution in [-0.2, 0) is 9.59 Å². The first-order chi connectivity index (χ1) is 15.4. The summed E-state index contributed by atoms with van der Waals surface area (Å²) in [7, 11) is 0. The fourth-order valence-electron chi connectivity index (χ4n) is 4.00. The summed E-state index contributed by atoms with van der Waals surface area (Å²) in [5.41, 5.74) is 1.02. The molecule has 7 heteroatoms. The van der Waals surface area contributed by atoms with Crippen molar-refractivity contribution < 1.29 is 24.3 Å². The number of nitrogens with zero attached hydrogens (tertiary/aromatic N) is 1. The number of quaternary nitrogens is 1. The van der Waals surface area contributed by atoms with Gasteiger partial charge in [0.2, 0.25) is 5.78 Å². The maximum absolute atomic E-state index is 13.4. The van der Waals surface area contributed by atoms with Gasteiger partial charge in [0.25, 0.3) is 5.91 Å². The molecule has 0 radical (unpaired) electrons. The van der Waals surface area contributed by atoms with Crippen LogP contribution in [-0.4, -0.2) is 49.4 Å². The predicted octanol–water partition coefficient (Wildman–Crippen LogP) is 1.89. The summed E-state index contributed by atoms with van der Waals surface area (Å²) in [6.07, 6.45) is 0. The first kappa shape index (κ1) is 23.8. The first-order valence-corrected chi connectivity index (χ1v) is 11.4. The quantitative estimate of drug-likeness (QED) is 0.355. The van der Waals surface area contributed by atoms with Crippen molar-refractivity contribution in [2.24, 2.45) is 0 Å². The number of carbonyl (C=O) groups is 2. The highest BCUT2D eigenvalue weighted by atomic mass is 35.5. The first-order valence-electron chi connectivity index (χ1n) is 11.0. The topological polar surface area (TPSA) is 74.1 Å². The van der Waals surface area contributed by atoms with Gasteiger partial charge in [-0.1, -0.05) is 41.6 Å². The van der Waals surface area contributed by atoms with Gasteiger partial charge in [-0.3, -0.25) is 9.59 Å². The van der Waals surface area contributed by atoms with Crippen molar-refractivity contribution in [1.82, 2.24) is 4.90 Å². The molecule has 32 heavy (non-hydrogen) atoms. The number of amides is 1. The van der Waals surface area contributed by atoms with Crippen molar-refractivity contribution in [3.8, 4) is 5.75 Å². The Bertz CT molecular complexity index is 982. The summed E-state index contributed by atoms with van der Waals surface area (Å²) in [5.74, 6) is -1.17. The Morgan fingerprint density at radius 1 is 1.03 bits per heavy atom. The molecule has 0 saturated carbocycles. The Hall–Kier alpha value is -2.83. The van der Waals surface area contributed by atoms with E-state index in [1.807, 2.05) is 6.92 Å². The SMILES string of the molecule is CCOc1ccc(C([O-])=C2C(=O)C(=O)N(CC[NH+](CC)CC)C2c2ccc(Cl)cc2)cc1. The second-order valence-electron chi connectivity index (χ2n) is 7.69. The molecule has 170 valence electrons. The molecule has 1 saturated heterocycles. The summed E-state index contributed by atoms with van der Waals surface area (Å²) in [6.45, 7) is 9.47. The van der Waals surface area contributed by atoms with Crippen LogP contribution >= 0.6 is 11.6 Å². The van der Waals surface area contributed by atoms with E-state index < -0.39 is 23.5 Å². The van der Waals surface area contributed by atoms with Gasteiger partial charge in [0.05, 0.1) is 38.8 Å². The number of likely N-dealkylation sites (N-methyl/N-ethyl adjacent to an activating group) is 1. The number of rotatable bonds is 9. The minimum absolute atomic E-state index is 0.0176. The fourth-order valence-corrected chi connectivity index (χ4v) is 4.13. The zero-order chi connectivity index (χ0) is 23.3. The summed E-state index contributed by atoms with van der Waals surface area (Å²) in [5, 5.41) is 14.0. The highest BCUT2D eigenvalue weighted by Crippen LogP contribution is 2.38. The van der Waals surface area contributed by atoms with Crippen LogP contribution < -0.4 is 14.7 Å². The lowest BCUT2D eigenvalue weighted by molar-refractivity contribution is -0.895. The lowest BCUT2D eigenvalue weighted by Crippen LogP contribution is -3.12. The number of ether oxygens (including phenoxy) is 1. The van der Waals surface area contributed by atoms with Gasteiger partial charge in [0, 0.05) is 10.6 Å². The molecule has 1 amide bonds. The van der Waals surface area contributed by atoms with Gasteiger partial charge in [-0.05, 0) is 56.2 Å². The zero-order valence-electron chi connectivity index (χ0n) is 18.7. The Labute approximate surface area is 194 Å². The molecule has 6 nitrogen and oxygen atoms in total. The van der Waals surface area contributed by atoms with E-state index in [1.54, 1.807) is 48.5 Å². The van der Waals surface area contributed by atoms with Crippen LogP contribution in [0.4, 0.5) is 0 Å². The lowest BCUT2D eigenvalue weighted by atomic mass is 9.95. The Balaban J connectivity index is 2.05. The summed E-state index contributed by atoms with van der Waals surface area (Å²) < 4.78 is 5.44. The predicted molar refractivity (Wildman–Crippen MR) is 122 cm³/mol. The maximum Gasteiger partial charge on any atom is 0.295 e. The summed E-state index contributed by atoms with van der Waals surface area (Å²) in [4.78, 5) is 28.8. The number of Topliss-reactive ketones (excluding diaryl/α,β-unsaturated/α-hetero) is 1. The summed E-state index contributed by atoms with van der Waals surface area (Å²) in [6, 6.07) is 12.8. The molecule has 1 heterocycles. The Kier molecular flexibility index (Phi) is 7.94. The molecule has 2 aromatic rings. The normalized spacial score (nSPS) is 17.9. The molecule has 0 aliphatic carbocycles. The summed E-state index contributed by atoms with van der Waals surface area (Å²) >= 11 is 6.05. The number of hydrogen-bond donors (Lipinski definition) is 1. The molecular weight excluding hydrogens is 428 g/mol. The van der Waals surface area contributed by atoms with E-state index in [0.29, 0.717) is 41.6 Å². The third kappa shape index (κ3) is 4.97. The van der Waals surface area contributed by atoms with Crippen LogP contribution in [0.15, 0.2) is 54.1 Å². The number of nitrogens with one attached hydrogen (secondary N) is 1. The van der Waals surface area contributed by atoms with E-state index in [9.17, 15) is 14.7 Å². The molecule has 3 rings (SSSR count). The van der Waals surface area contributed by atoms with Crippen molar-refractivity contribution in [2.45, 2.75) is 26.8 Å². The third-order valence-electron chi connectivity index (χ3n) is 5.85. The number of halogens is 1. The highest BCUT2D eigenvalue weighted by molar-refractivity contribution is 6.46. The van der Waals surface area contributed by atoms with Gasteiger partial charge in [0.1, 0.15) is 5.75 Å². The zero-order valence-corrected chi connectivity index (χ0v) is 19.4. The highest BCUT2D eigenvalue weighted by Gasteiger charge is 2.44. The van der Waals surface area contributed by atoms with Gasteiger partial charge in [-0.25, -0.2) is 0 Å². The molecule has 1 unspecified atom stereocenters. The molecule has 0 aromatic heterocycles. The second-order valence-corrected chi connectivity index (χ2v) is 8.13. The van der Waals surface area contributed by atoms with Crippen LogP contribution in [0.2, 0.25) is 5.02 Å². The molecule has 1 N–H and O–H groups in total. The average Bonchev–Trinajstić information content (AvgIpc) is 3.05. The number of ketones is 1. The Morgan fingerprint density at radius 3 is 2.22 bits per heavy atom. The Morgan fingerprint density at radius 2 is 1.66 bits per heavy atom. The molecule has 0 spiro atoms. The molecule has 1 fully saturated rings. The number of hydrogen-bond acceptors (Lipinski definition) is 4. The van der Waals surface area contributed by atoms with Gasteiger partial charge >= 0.3 is 0 Å². The van der Waals surface area contributed by atoms with Gasteiger partial charge < -0.3 is 19.6 Å². The fraction of sp³-hybridized carbons (Fsp3) is 0.360. The number of likely N-dealkylation sites (tertiary alicyclic amines) is 1. The molecule has 0 bridgehead atoms. The monoisotopic (exact) mass is 456 g/mol. The average molecular weight is 457 g/mol. The molecule has 1 aliphatic rings. The maximum atomic E-state index is 13.4. The number of carbonyl (C=O) groups excluding carboxylic acids is 2. The van der Waals surface area contributed by atoms with E-state index in [4.69, 9.17) is 16.3 Å². The van der Waals surface area contributed by atoms with Crippen molar-refractivity contribution in [1.29, 1.82) is 0 Å². The van der Waals surface area contributed by atoms with Crippen molar-refractivity contribution in [3.05, 3.63) is 70.3 Å². The van der Waals surface area contributed by atoms with E-state index in [-0.39, 0.29) is 5.57 Å².